The Balaban J connectivity index is 1.10. The zero-order valence-electron chi connectivity index (χ0n) is 33.7. The van der Waals surface area contributed by atoms with E-state index in [1.54, 1.807) is 0 Å². The molecule has 1 unspecified atom stereocenters. The molecule has 5 saturated carbocycles. The topological polar surface area (TPSA) is 130 Å². The van der Waals surface area contributed by atoms with Gasteiger partial charge in [-0.25, -0.2) is 0 Å². The van der Waals surface area contributed by atoms with Crippen LogP contribution in [0.15, 0.2) is 0 Å². The Labute approximate surface area is 319 Å². The van der Waals surface area contributed by atoms with Gasteiger partial charge in [0, 0.05) is 74.8 Å². The quantitative estimate of drug-likeness (QED) is 0.190. The lowest BCUT2D eigenvalue weighted by atomic mass is 9.73. The highest BCUT2D eigenvalue weighted by atomic mass is 16.2. The predicted octanol–water partition coefficient (Wildman–Crippen LogP) is 6.25. The highest BCUT2D eigenvalue weighted by Crippen LogP contribution is 2.88. The second-order valence-electron chi connectivity index (χ2n) is 20.9. The van der Waals surface area contributed by atoms with E-state index in [2.05, 4.69) is 44.8 Å². The summed E-state index contributed by atoms with van der Waals surface area (Å²) in [6.07, 6.45) is 16.9. The third-order valence-electron chi connectivity index (χ3n) is 16.8. The van der Waals surface area contributed by atoms with Crippen molar-refractivity contribution in [1.29, 1.82) is 0 Å². The molecule has 2 saturated heterocycles. The Morgan fingerprint density at radius 2 is 1.53 bits per heavy atom. The number of nitrogens with zero attached hydrogens (tertiary/aromatic N) is 2. The normalized spacial score (nSPS) is 30.7. The van der Waals surface area contributed by atoms with Gasteiger partial charge in [-0.3, -0.25) is 28.9 Å². The van der Waals surface area contributed by atoms with Crippen LogP contribution in [0, 0.1) is 51.2 Å². The van der Waals surface area contributed by atoms with E-state index in [0.717, 1.165) is 58.3 Å². The molecule has 7 rings (SSSR count). The van der Waals surface area contributed by atoms with Gasteiger partial charge in [-0.1, -0.05) is 92.4 Å². The number of carbonyl (C=O) groups is 5. The molecular weight excluding hydrogens is 665 g/mol. The molecule has 3 spiro atoms. The number of nitrogens with two attached hydrogens (primary N) is 1. The van der Waals surface area contributed by atoms with Crippen molar-refractivity contribution in [2.75, 3.05) is 32.7 Å². The molecule has 2 heterocycles. The number of carbonyl (C=O) groups excluding carboxylic acids is 5. The predicted molar refractivity (Wildman–Crippen MR) is 206 cm³/mol. The number of Topliss-reactive ketones (excluding diaryl/α,β-unsaturated/α-hetero) is 3. The first kappa shape index (κ1) is 39.1. The Kier molecular flexibility index (Phi) is 10.6. The summed E-state index contributed by atoms with van der Waals surface area (Å²) in [5.74, 6) is -1.74. The minimum Gasteiger partial charge on any atom is -0.363 e. The summed E-state index contributed by atoms with van der Waals surface area (Å²) in [6.45, 7) is 15.4. The highest BCUT2D eigenvalue weighted by molar-refractivity contribution is 6.36. The molecule has 9 nitrogen and oxygen atoms in total. The molecule has 7 fully saturated rings. The first-order valence-electron chi connectivity index (χ1n) is 21.7. The third kappa shape index (κ3) is 7.21. The van der Waals surface area contributed by atoms with E-state index in [9.17, 15) is 19.2 Å². The molecule has 0 radical (unpaired) electrons. The molecular formula is C44H70N4O5. The molecule has 0 aromatic heterocycles. The molecule has 5 aliphatic carbocycles. The van der Waals surface area contributed by atoms with E-state index in [0.29, 0.717) is 49.1 Å². The van der Waals surface area contributed by atoms with Crippen LogP contribution in [0.2, 0.25) is 0 Å². The maximum absolute atomic E-state index is 15.1. The second kappa shape index (κ2) is 14.4. The zero-order valence-corrected chi connectivity index (χ0v) is 33.7. The number of amides is 2. The van der Waals surface area contributed by atoms with Crippen molar-refractivity contribution >= 4 is 29.2 Å². The van der Waals surface area contributed by atoms with E-state index in [4.69, 9.17) is 5.73 Å². The number of hydrogen-bond acceptors (Lipinski definition) is 7. The smallest absolute Gasteiger partial charge is 0.285 e. The maximum atomic E-state index is 15.1. The number of ketones is 3. The van der Waals surface area contributed by atoms with Gasteiger partial charge in [-0.05, 0) is 72.5 Å². The molecule has 0 aromatic rings. The van der Waals surface area contributed by atoms with Gasteiger partial charge >= 0.3 is 0 Å². The SMILES string of the molecule is CC(C)(C)[C@H](CC(=O)C[C@H](CN1CCNC2(CC2)C1)C1CCCCC1)C(=O)N1C[C@]2(C[C@H]1C(=O)CC(CC1CCC1)C(=O)C(N)=O)C(C)(C)C21CCC1. The van der Waals surface area contributed by atoms with Crippen LogP contribution < -0.4 is 11.1 Å². The van der Waals surface area contributed by atoms with Gasteiger partial charge in [0.05, 0.1) is 6.04 Å². The summed E-state index contributed by atoms with van der Waals surface area (Å²) >= 11 is 0. The van der Waals surface area contributed by atoms with Gasteiger partial charge in [0.15, 0.2) is 5.78 Å². The van der Waals surface area contributed by atoms with Crippen molar-refractivity contribution in [3.63, 3.8) is 0 Å². The number of nitrogens with one attached hydrogen (secondary N) is 1. The minimum absolute atomic E-state index is 0.00344. The molecule has 53 heavy (non-hydrogen) atoms. The number of fused-ring (bicyclic) bond motifs is 1. The molecule has 2 amide bonds. The van der Waals surface area contributed by atoms with Crippen LogP contribution >= 0.6 is 0 Å². The van der Waals surface area contributed by atoms with Crippen LogP contribution in [-0.2, 0) is 24.0 Å². The summed E-state index contributed by atoms with van der Waals surface area (Å²) in [6, 6.07) is -0.649. The maximum Gasteiger partial charge on any atom is 0.285 e. The lowest BCUT2D eigenvalue weighted by molar-refractivity contribution is -0.147. The van der Waals surface area contributed by atoms with Crippen LogP contribution in [0.4, 0.5) is 0 Å². The number of likely N-dealkylation sites (tertiary alicyclic amines) is 1. The molecule has 296 valence electrons. The standard InChI is InChI=1S/C44H70N4O5/c1-40(2,3)34(24-33(49)22-32(30-13-7-6-8-14-30)26-47-20-19-46-42(27-47)17-18-42)39(53)48-28-44(41(4,5)43(44)15-10-16-43)25-35(48)36(50)23-31(37(51)38(45)52)21-29-11-9-12-29/h29-32,34-35,46H,6-28H2,1-5H3,(H2,45,52)/t31?,32-,34-,35+,44-/m1/s1. The number of rotatable bonds is 15. The molecule has 3 N–H and O–H groups in total. The number of piperazine rings is 1. The highest BCUT2D eigenvalue weighted by Gasteiger charge is 2.85. The lowest BCUT2D eigenvalue weighted by Crippen LogP contribution is -2.54. The summed E-state index contributed by atoms with van der Waals surface area (Å²) < 4.78 is 0. The Bertz CT molecular complexity index is 1450. The van der Waals surface area contributed by atoms with E-state index >= 15 is 4.79 Å². The Hall–Kier alpha value is -2.13. The van der Waals surface area contributed by atoms with Crippen LogP contribution in [0.5, 0.6) is 0 Å². The molecule has 0 bridgehead atoms. The van der Waals surface area contributed by atoms with E-state index < -0.39 is 35.0 Å². The van der Waals surface area contributed by atoms with Gasteiger partial charge in [-0.15, -0.1) is 0 Å². The average molecular weight is 735 g/mol. The third-order valence-corrected chi connectivity index (χ3v) is 16.8. The fourth-order valence-electron chi connectivity index (χ4n) is 12.7. The van der Waals surface area contributed by atoms with Crippen LogP contribution in [0.1, 0.15) is 150 Å². The van der Waals surface area contributed by atoms with Gasteiger partial charge < -0.3 is 16.0 Å². The summed E-state index contributed by atoms with van der Waals surface area (Å²) in [5, 5.41) is 3.74. The zero-order chi connectivity index (χ0) is 38.0. The lowest BCUT2D eigenvalue weighted by Gasteiger charge is -2.39. The Morgan fingerprint density at radius 3 is 2.08 bits per heavy atom. The number of primary amides is 1. The van der Waals surface area contributed by atoms with E-state index in [1.807, 2.05) is 4.90 Å². The Morgan fingerprint density at radius 1 is 0.830 bits per heavy atom. The van der Waals surface area contributed by atoms with Crippen molar-refractivity contribution in [3.05, 3.63) is 0 Å². The monoisotopic (exact) mass is 735 g/mol. The van der Waals surface area contributed by atoms with Gasteiger partial charge in [0.1, 0.15) is 5.78 Å². The molecule has 0 aromatic carbocycles. The molecule has 9 heteroatoms. The fourth-order valence-corrected chi connectivity index (χ4v) is 12.7. The van der Waals surface area contributed by atoms with Gasteiger partial charge in [-0.2, -0.15) is 0 Å². The number of hydrogen-bond donors (Lipinski definition) is 2. The van der Waals surface area contributed by atoms with Crippen LogP contribution in [0.25, 0.3) is 0 Å². The van der Waals surface area contributed by atoms with Crippen molar-refractivity contribution in [3.8, 4) is 0 Å². The van der Waals surface area contributed by atoms with Crippen molar-refractivity contribution in [1.82, 2.24) is 15.1 Å². The van der Waals surface area contributed by atoms with Crippen molar-refractivity contribution in [2.24, 2.45) is 57.0 Å². The molecule has 2 aliphatic heterocycles. The largest absolute Gasteiger partial charge is 0.363 e. The first-order chi connectivity index (χ1) is 25.0. The van der Waals surface area contributed by atoms with Gasteiger partial charge in [0.25, 0.3) is 5.91 Å². The minimum atomic E-state index is -0.975. The summed E-state index contributed by atoms with van der Waals surface area (Å²) in [5.41, 5.74) is 5.31. The van der Waals surface area contributed by atoms with Gasteiger partial charge in [0.2, 0.25) is 11.7 Å². The van der Waals surface area contributed by atoms with Crippen molar-refractivity contribution in [2.45, 2.75) is 162 Å². The average Bonchev–Trinajstić information content (AvgIpc) is 3.81. The first-order valence-corrected chi connectivity index (χ1v) is 21.7. The molecule has 5 atom stereocenters. The molecule has 7 aliphatic rings. The van der Waals surface area contributed by atoms with Crippen LogP contribution in [-0.4, -0.2) is 83.3 Å². The van der Waals surface area contributed by atoms with E-state index in [-0.39, 0.29) is 46.6 Å². The van der Waals surface area contributed by atoms with Crippen molar-refractivity contribution < 1.29 is 24.0 Å². The summed E-state index contributed by atoms with van der Waals surface area (Å²) in [7, 11) is 0. The second-order valence-corrected chi connectivity index (χ2v) is 20.9. The fraction of sp³-hybridized carbons (Fsp3) is 0.886. The van der Waals surface area contributed by atoms with Crippen LogP contribution in [0.3, 0.4) is 0 Å². The van der Waals surface area contributed by atoms with E-state index in [1.165, 1.54) is 51.4 Å². The summed E-state index contributed by atoms with van der Waals surface area (Å²) in [4.78, 5) is 73.6.